The number of aliphatic hydroxyl groups is 1. The predicted octanol–water partition coefficient (Wildman–Crippen LogP) is 4.03. The Morgan fingerprint density at radius 1 is 1.17 bits per heavy atom. The van der Waals surface area contributed by atoms with Crippen molar-refractivity contribution in [3.05, 3.63) is 58.6 Å². The van der Waals surface area contributed by atoms with E-state index in [2.05, 4.69) is 10.3 Å². The third-order valence-corrected chi connectivity index (χ3v) is 6.36. The molecule has 29 heavy (non-hydrogen) atoms. The van der Waals surface area contributed by atoms with Crippen molar-refractivity contribution >= 4 is 50.1 Å². The van der Waals surface area contributed by atoms with E-state index < -0.39 is 5.60 Å². The smallest absolute Gasteiger partial charge is 0.253 e. The molecule has 1 saturated heterocycles. The summed E-state index contributed by atoms with van der Waals surface area (Å²) in [6, 6.07) is 12.6. The predicted molar refractivity (Wildman–Crippen MR) is 114 cm³/mol. The maximum absolute atomic E-state index is 13.0. The Bertz CT molecular complexity index is 1070. The lowest BCUT2D eigenvalue weighted by molar-refractivity contribution is -0.114. The number of rotatable bonds is 3. The Morgan fingerprint density at radius 3 is 2.52 bits per heavy atom. The van der Waals surface area contributed by atoms with E-state index in [0.717, 1.165) is 15.8 Å². The number of fused-ring (bicyclic) bond motifs is 1. The van der Waals surface area contributed by atoms with Crippen LogP contribution in [-0.4, -0.2) is 39.9 Å². The Labute approximate surface area is 177 Å². The topological polar surface area (TPSA) is 82.5 Å². The number of anilines is 1. The quantitative estimate of drug-likeness (QED) is 0.658. The third kappa shape index (κ3) is 4.12. The van der Waals surface area contributed by atoms with Crippen LogP contribution in [0, 0.1) is 0 Å². The lowest BCUT2D eigenvalue weighted by atomic mass is 9.84. The number of carbonyl (C=O) groups excluding carboxylic acids is 2. The van der Waals surface area contributed by atoms with Gasteiger partial charge >= 0.3 is 0 Å². The second-order valence-electron chi connectivity index (χ2n) is 7.21. The third-order valence-electron chi connectivity index (χ3n) is 5.18. The maximum Gasteiger partial charge on any atom is 0.253 e. The maximum atomic E-state index is 13.0. The van der Waals surface area contributed by atoms with Crippen LogP contribution in [-0.2, 0) is 10.4 Å². The van der Waals surface area contributed by atoms with Gasteiger partial charge in [-0.2, -0.15) is 0 Å². The molecule has 1 aliphatic rings. The van der Waals surface area contributed by atoms with E-state index in [1.54, 1.807) is 35.2 Å². The largest absolute Gasteiger partial charge is 0.385 e. The summed E-state index contributed by atoms with van der Waals surface area (Å²) in [6.07, 6.45) is 0.936. The fourth-order valence-electron chi connectivity index (χ4n) is 3.57. The summed E-state index contributed by atoms with van der Waals surface area (Å²) in [7, 11) is 0. The highest BCUT2D eigenvalue weighted by Gasteiger charge is 2.35. The van der Waals surface area contributed by atoms with E-state index in [9.17, 15) is 14.7 Å². The van der Waals surface area contributed by atoms with Crippen LogP contribution in [0.2, 0.25) is 5.02 Å². The van der Waals surface area contributed by atoms with Gasteiger partial charge in [0.2, 0.25) is 5.91 Å². The van der Waals surface area contributed by atoms with Crippen molar-refractivity contribution in [1.29, 1.82) is 0 Å². The van der Waals surface area contributed by atoms with Crippen molar-refractivity contribution in [2.24, 2.45) is 0 Å². The van der Waals surface area contributed by atoms with Gasteiger partial charge in [-0.25, -0.2) is 4.98 Å². The summed E-state index contributed by atoms with van der Waals surface area (Å²) >= 11 is 7.27. The van der Waals surface area contributed by atoms with Crippen LogP contribution in [0.15, 0.2) is 42.5 Å². The summed E-state index contributed by atoms with van der Waals surface area (Å²) in [4.78, 5) is 30.3. The fraction of sp³-hybridized carbons (Fsp3) is 0.286. The molecule has 0 atom stereocenters. The molecule has 2 heterocycles. The summed E-state index contributed by atoms with van der Waals surface area (Å²) in [5.41, 5.74) is 1.19. The molecule has 4 rings (SSSR count). The minimum atomic E-state index is -0.948. The van der Waals surface area contributed by atoms with Crippen LogP contribution in [0.25, 0.3) is 10.2 Å². The van der Waals surface area contributed by atoms with Crippen molar-refractivity contribution in [2.75, 3.05) is 18.4 Å². The number of nitrogens with zero attached hydrogens (tertiary/aromatic N) is 2. The molecule has 1 fully saturated rings. The van der Waals surface area contributed by atoms with Crippen molar-refractivity contribution in [3.63, 3.8) is 0 Å². The lowest BCUT2D eigenvalue weighted by Gasteiger charge is -2.38. The molecular weight excluding hydrogens is 410 g/mol. The molecule has 3 aromatic rings. The van der Waals surface area contributed by atoms with E-state index in [1.165, 1.54) is 18.3 Å². The normalized spacial score (nSPS) is 16.0. The van der Waals surface area contributed by atoms with Crippen LogP contribution in [0.5, 0.6) is 0 Å². The highest BCUT2D eigenvalue weighted by molar-refractivity contribution is 7.22. The molecule has 0 spiro atoms. The number of halogens is 1. The Morgan fingerprint density at radius 2 is 1.86 bits per heavy atom. The van der Waals surface area contributed by atoms with E-state index in [4.69, 9.17) is 11.6 Å². The fourth-order valence-corrected chi connectivity index (χ4v) is 4.65. The molecule has 0 unspecified atom stereocenters. The molecule has 0 saturated carbocycles. The van der Waals surface area contributed by atoms with Crippen molar-refractivity contribution in [2.45, 2.75) is 25.4 Å². The Balaban J connectivity index is 1.47. The molecule has 150 valence electrons. The van der Waals surface area contributed by atoms with Crippen molar-refractivity contribution in [1.82, 2.24) is 9.88 Å². The molecule has 2 amide bonds. The first-order chi connectivity index (χ1) is 13.8. The van der Waals surface area contributed by atoms with E-state index in [1.807, 2.05) is 12.1 Å². The molecular formula is C21H20ClN3O3S. The SMILES string of the molecule is CC(=O)Nc1nc2ccc(C(=O)N3CCC(O)(c4ccc(Cl)cc4)CC3)cc2s1. The highest BCUT2D eigenvalue weighted by atomic mass is 35.5. The van der Waals surface area contributed by atoms with E-state index in [0.29, 0.717) is 41.6 Å². The number of hydrogen-bond donors (Lipinski definition) is 2. The van der Waals surface area contributed by atoms with E-state index in [-0.39, 0.29) is 11.8 Å². The molecule has 6 nitrogen and oxygen atoms in total. The van der Waals surface area contributed by atoms with Gasteiger partial charge in [-0.05, 0) is 48.7 Å². The number of thiazole rings is 1. The van der Waals surface area contributed by atoms with Gasteiger partial charge in [0.1, 0.15) is 0 Å². The average molecular weight is 430 g/mol. The highest BCUT2D eigenvalue weighted by Crippen LogP contribution is 2.34. The number of benzene rings is 2. The van der Waals surface area contributed by atoms with Crippen LogP contribution >= 0.6 is 22.9 Å². The van der Waals surface area contributed by atoms with Crippen molar-refractivity contribution in [3.8, 4) is 0 Å². The first kappa shape index (κ1) is 19.8. The van der Waals surface area contributed by atoms with Crippen LogP contribution in [0.1, 0.15) is 35.7 Å². The number of carbonyl (C=O) groups is 2. The minimum Gasteiger partial charge on any atom is -0.385 e. The van der Waals surface area contributed by atoms with Crippen molar-refractivity contribution < 1.29 is 14.7 Å². The average Bonchev–Trinajstić information content (AvgIpc) is 3.09. The van der Waals surface area contributed by atoms with Crippen LogP contribution in [0.4, 0.5) is 5.13 Å². The van der Waals surface area contributed by atoms with Gasteiger partial charge in [0, 0.05) is 30.6 Å². The first-order valence-electron chi connectivity index (χ1n) is 9.30. The van der Waals surface area contributed by atoms with Gasteiger partial charge in [-0.3, -0.25) is 9.59 Å². The van der Waals surface area contributed by atoms with Gasteiger partial charge in [0.15, 0.2) is 5.13 Å². The van der Waals surface area contributed by atoms with Crippen LogP contribution < -0.4 is 5.32 Å². The number of amides is 2. The molecule has 1 aliphatic heterocycles. The first-order valence-corrected chi connectivity index (χ1v) is 10.5. The monoisotopic (exact) mass is 429 g/mol. The standard InChI is InChI=1S/C21H20ClN3O3S/c1-13(26)23-20-24-17-7-2-14(12-18(17)29-20)19(27)25-10-8-21(28,9-11-25)15-3-5-16(22)6-4-15/h2-7,12,28H,8-11H2,1H3,(H,23,24,26). The molecule has 0 radical (unpaired) electrons. The zero-order valence-electron chi connectivity index (χ0n) is 15.8. The van der Waals surface area contributed by atoms with Gasteiger partial charge in [-0.1, -0.05) is 35.1 Å². The summed E-state index contributed by atoms with van der Waals surface area (Å²) in [5.74, 6) is -0.249. The molecule has 8 heteroatoms. The summed E-state index contributed by atoms with van der Waals surface area (Å²) < 4.78 is 0.842. The van der Waals surface area contributed by atoms with Gasteiger partial charge in [0.25, 0.3) is 5.91 Å². The van der Waals surface area contributed by atoms with Gasteiger partial charge < -0.3 is 15.3 Å². The molecule has 0 bridgehead atoms. The Kier molecular flexibility index (Phi) is 5.29. The number of piperidine rings is 1. The molecule has 1 aromatic heterocycles. The summed E-state index contributed by atoms with van der Waals surface area (Å²) in [5, 5.41) is 14.8. The number of nitrogens with one attached hydrogen (secondary N) is 1. The second kappa shape index (κ2) is 7.74. The molecule has 2 aromatic carbocycles. The number of likely N-dealkylation sites (tertiary alicyclic amines) is 1. The summed E-state index contributed by atoms with van der Waals surface area (Å²) in [6.45, 7) is 2.37. The molecule has 2 N–H and O–H groups in total. The lowest BCUT2D eigenvalue weighted by Crippen LogP contribution is -2.45. The van der Waals surface area contributed by atoms with Crippen LogP contribution in [0.3, 0.4) is 0 Å². The minimum absolute atomic E-state index is 0.0699. The zero-order valence-corrected chi connectivity index (χ0v) is 17.4. The second-order valence-corrected chi connectivity index (χ2v) is 8.68. The zero-order chi connectivity index (χ0) is 20.6. The molecule has 0 aliphatic carbocycles. The van der Waals surface area contributed by atoms with Gasteiger partial charge in [0.05, 0.1) is 15.8 Å². The Hall–Kier alpha value is -2.48. The van der Waals surface area contributed by atoms with Gasteiger partial charge in [-0.15, -0.1) is 0 Å². The number of hydrogen-bond acceptors (Lipinski definition) is 5. The number of aromatic nitrogens is 1. The van der Waals surface area contributed by atoms with E-state index >= 15 is 0 Å².